The van der Waals surface area contributed by atoms with Crippen LogP contribution in [-0.2, 0) is 6.54 Å². The van der Waals surface area contributed by atoms with Gasteiger partial charge >= 0.3 is 0 Å². The number of rotatable bonds is 3. The van der Waals surface area contributed by atoms with E-state index >= 15 is 0 Å². The van der Waals surface area contributed by atoms with Crippen molar-refractivity contribution >= 4 is 0 Å². The van der Waals surface area contributed by atoms with E-state index in [4.69, 9.17) is 10.3 Å². The highest BCUT2D eigenvalue weighted by Gasteiger charge is 2.18. The molecule has 17 heavy (non-hydrogen) atoms. The molecule has 0 saturated heterocycles. The van der Waals surface area contributed by atoms with Crippen molar-refractivity contribution in [1.82, 2.24) is 5.16 Å². The Morgan fingerprint density at radius 1 is 1.24 bits per heavy atom. The Morgan fingerprint density at radius 2 is 1.88 bits per heavy atom. The van der Waals surface area contributed by atoms with Gasteiger partial charge in [0.05, 0.1) is 6.54 Å². The van der Waals surface area contributed by atoms with Gasteiger partial charge in [-0.1, -0.05) is 48.8 Å². The molecule has 0 radical (unpaired) electrons. The molecule has 0 unspecified atom stereocenters. The molecule has 0 saturated carbocycles. The summed E-state index contributed by atoms with van der Waals surface area (Å²) < 4.78 is 5.32. The molecule has 0 amide bonds. The molecule has 1 aromatic carbocycles. The number of aryl methyl sites for hydroxylation is 1. The van der Waals surface area contributed by atoms with Crippen LogP contribution in [0.3, 0.4) is 0 Å². The van der Waals surface area contributed by atoms with Crippen LogP contribution in [0, 0.1) is 6.92 Å². The normalized spacial score (nSPS) is 11.1. The van der Waals surface area contributed by atoms with E-state index in [1.54, 1.807) is 0 Å². The Balaban J connectivity index is 2.51. The second-order valence-corrected chi connectivity index (χ2v) is 4.59. The van der Waals surface area contributed by atoms with E-state index in [0.29, 0.717) is 12.5 Å². The summed E-state index contributed by atoms with van der Waals surface area (Å²) in [5.74, 6) is 1.15. The Morgan fingerprint density at radius 3 is 2.41 bits per heavy atom. The van der Waals surface area contributed by atoms with Gasteiger partial charge in [-0.2, -0.15) is 0 Å². The van der Waals surface area contributed by atoms with Gasteiger partial charge in [-0.25, -0.2) is 0 Å². The van der Waals surface area contributed by atoms with Gasteiger partial charge in [-0.3, -0.25) is 0 Å². The van der Waals surface area contributed by atoms with Gasteiger partial charge in [0, 0.05) is 11.1 Å². The fourth-order valence-corrected chi connectivity index (χ4v) is 1.99. The number of benzene rings is 1. The van der Waals surface area contributed by atoms with Crippen molar-refractivity contribution in [3.8, 4) is 11.3 Å². The molecule has 0 atom stereocenters. The van der Waals surface area contributed by atoms with Crippen molar-refractivity contribution in [1.29, 1.82) is 0 Å². The van der Waals surface area contributed by atoms with Crippen molar-refractivity contribution in [2.45, 2.75) is 33.2 Å². The van der Waals surface area contributed by atoms with Gasteiger partial charge in [0.15, 0.2) is 5.76 Å². The summed E-state index contributed by atoms with van der Waals surface area (Å²) in [4.78, 5) is 0. The third kappa shape index (κ3) is 2.24. The highest BCUT2D eigenvalue weighted by Crippen LogP contribution is 2.31. The van der Waals surface area contributed by atoms with Crippen molar-refractivity contribution in [2.75, 3.05) is 0 Å². The lowest BCUT2D eigenvalue weighted by Crippen LogP contribution is -2.00. The highest BCUT2D eigenvalue weighted by atomic mass is 16.5. The Kier molecular flexibility index (Phi) is 3.29. The number of aromatic nitrogens is 1. The van der Waals surface area contributed by atoms with Crippen LogP contribution < -0.4 is 5.73 Å². The van der Waals surface area contributed by atoms with Crippen molar-refractivity contribution in [2.24, 2.45) is 5.73 Å². The second kappa shape index (κ2) is 4.72. The molecule has 1 aromatic heterocycles. The molecule has 2 N–H and O–H groups in total. The predicted octanol–water partition coefficient (Wildman–Crippen LogP) is 3.23. The van der Waals surface area contributed by atoms with Crippen LogP contribution in [0.15, 0.2) is 28.8 Å². The summed E-state index contributed by atoms with van der Waals surface area (Å²) in [7, 11) is 0. The smallest absolute Gasteiger partial charge is 0.154 e. The average molecular weight is 230 g/mol. The van der Waals surface area contributed by atoms with Gasteiger partial charge < -0.3 is 10.3 Å². The number of nitrogens with two attached hydrogens (primary N) is 1. The molecule has 3 heteroatoms. The van der Waals surface area contributed by atoms with E-state index < -0.39 is 0 Å². The SMILES string of the molecule is Cc1ccc(-c2noc(CN)c2C(C)C)cc1. The van der Waals surface area contributed by atoms with Crippen LogP contribution in [0.25, 0.3) is 11.3 Å². The van der Waals surface area contributed by atoms with Crippen LogP contribution in [0.4, 0.5) is 0 Å². The van der Waals surface area contributed by atoms with Crippen molar-refractivity contribution in [3.05, 3.63) is 41.2 Å². The topological polar surface area (TPSA) is 52.0 Å². The summed E-state index contributed by atoms with van der Waals surface area (Å²) in [5, 5.41) is 4.15. The van der Waals surface area contributed by atoms with Gasteiger partial charge in [0.2, 0.25) is 0 Å². The van der Waals surface area contributed by atoms with E-state index in [9.17, 15) is 0 Å². The van der Waals surface area contributed by atoms with Gasteiger partial charge in [0.25, 0.3) is 0 Å². The molecular formula is C14H18N2O. The first kappa shape index (κ1) is 11.9. The largest absolute Gasteiger partial charge is 0.359 e. The first-order valence-corrected chi connectivity index (χ1v) is 5.89. The van der Waals surface area contributed by atoms with Gasteiger partial charge in [-0.05, 0) is 12.8 Å². The summed E-state index contributed by atoms with van der Waals surface area (Å²) in [5.41, 5.74) is 10.0. The molecule has 0 aliphatic carbocycles. The third-order valence-corrected chi connectivity index (χ3v) is 2.89. The standard InChI is InChI=1S/C14H18N2O/c1-9(2)13-12(8-15)17-16-14(13)11-6-4-10(3)5-7-11/h4-7,9H,8,15H2,1-3H3. The van der Waals surface area contributed by atoms with E-state index in [1.165, 1.54) is 5.56 Å². The minimum absolute atomic E-state index is 0.358. The van der Waals surface area contributed by atoms with Crippen LogP contribution in [0.5, 0.6) is 0 Å². The van der Waals surface area contributed by atoms with E-state index in [2.05, 4.69) is 50.2 Å². The molecule has 0 spiro atoms. The van der Waals surface area contributed by atoms with E-state index in [-0.39, 0.29) is 0 Å². The Hall–Kier alpha value is -1.61. The lowest BCUT2D eigenvalue weighted by molar-refractivity contribution is 0.384. The van der Waals surface area contributed by atoms with Gasteiger partial charge in [0.1, 0.15) is 5.69 Å². The first-order valence-electron chi connectivity index (χ1n) is 5.89. The average Bonchev–Trinajstić information content (AvgIpc) is 2.73. The third-order valence-electron chi connectivity index (χ3n) is 2.89. The molecular weight excluding hydrogens is 212 g/mol. The fraction of sp³-hybridized carbons (Fsp3) is 0.357. The van der Waals surface area contributed by atoms with Crippen LogP contribution in [-0.4, -0.2) is 5.16 Å². The summed E-state index contributed by atoms with van der Waals surface area (Å²) in [6.45, 7) is 6.72. The summed E-state index contributed by atoms with van der Waals surface area (Å²) >= 11 is 0. The van der Waals surface area contributed by atoms with E-state index in [1.807, 2.05) is 0 Å². The zero-order chi connectivity index (χ0) is 12.4. The molecule has 0 aliphatic rings. The number of hydrogen-bond acceptors (Lipinski definition) is 3. The van der Waals surface area contributed by atoms with Gasteiger partial charge in [-0.15, -0.1) is 0 Å². The zero-order valence-corrected chi connectivity index (χ0v) is 10.5. The molecule has 3 nitrogen and oxygen atoms in total. The molecule has 1 heterocycles. The lowest BCUT2D eigenvalue weighted by atomic mass is 9.96. The monoisotopic (exact) mass is 230 g/mol. The fourth-order valence-electron chi connectivity index (χ4n) is 1.99. The molecule has 2 aromatic rings. The number of hydrogen-bond donors (Lipinski definition) is 1. The van der Waals surface area contributed by atoms with E-state index in [0.717, 1.165) is 22.6 Å². The summed E-state index contributed by atoms with van der Waals surface area (Å²) in [6, 6.07) is 8.30. The minimum Gasteiger partial charge on any atom is -0.359 e. The summed E-state index contributed by atoms with van der Waals surface area (Å²) in [6.07, 6.45) is 0. The molecule has 2 rings (SSSR count). The predicted molar refractivity (Wildman–Crippen MR) is 68.7 cm³/mol. The minimum atomic E-state index is 0.358. The second-order valence-electron chi connectivity index (χ2n) is 4.59. The molecule has 0 bridgehead atoms. The zero-order valence-electron chi connectivity index (χ0n) is 10.5. The Labute approximate surface area is 102 Å². The van der Waals surface area contributed by atoms with Crippen molar-refractivity contribution < 1.29 is 4.52 Å². The van der Waals surface area contributed by atoms with Crippen LogP contribution in [0.1, 0.15) is 36.7 Å². The molecule has 0 fully saturated rings. The quantitative estimate of drug-likeness (QED) is 0.880. The van der Waals surface area contributed by atoms with Crippen LogP contribution >= 0.6 is 0 Å². The first-order chi connectivity index (χ1) is 8.13. The van der Waals surface area contributed by atoms with Crippen molar-refractivity contribution in [3.63, 3.8) is 0 Å². The molecule has 0 aliphatic heterocycles. The molecule has 90 valence electrons. The number of nitrogens with zero attached hydrogens (tertiary/aromatic N) is 1. The van der Waals surface area contributed by atoms with Crippen LogP contribution in [0.2, 0.25) is 0 Å². The maximum Gasteiger partial charge on any atom is 0.154 e. The maximum absolute atomic E-state index is 5.67. The maximum atomic E-state index is 5.67. The highest BCUT2D eigenvalue weighted by molar-refractivity contribution is 5.64. The lowest BCUT2D eigenvalue weighted by Gasteiger charge is -2.06. The Bertz CT molecular complexity index is 497.